The fourth-order valence-corrected chi connectivity index (χ4v) is 2.78. The normalized spacial score (nSPS) is 11.5. The topological polar surface area (TPSA) is 75.7 Å². The number of hydrogen-bond acceptors (Lipinski definition) is 4. The molecule has 0 atom stereocenters. The monoisotopic (exact) mass is 316 g/mol. The van der Waals surface area contributed by atoms with Crippen molar-refractivity contribution in [2.24, 2.45) is 0 Å². The van der Waals surface area contributed by atoms with E-state index in [0.29, 0.717) is 18.4 Å². The lowest BCUT2D eigenvalue weighted by molar-refractivity contribution is 0.177. The number of carbonyl (C=O) groups is 1. The molecule has 16 heavy (non-hydrogen) atoms. The summed E-state index contributed by atoms with van der Waals surface area (Å²) in [5.41, 5.74) is 0. The second kappa shape index (κ2) is 7.86. The van der Waals surface area contributed by atoms with Gasteiger partial charge in [-0.25, -0.2) is 9.52 Å². The fourth-order valence-electron chi connectivity index (χ4n) is 0.992. The second-order valence-electron chi connectivity index (χ2n) is 3.04. The Morgan fingerprint density at radius 3 is 2.50 bits per heavy atom. The van der Waals surface area contributed by atoms with E-state index < -0.39 is 16.3 Å². The van der Waals surface area contributed by atoms with Gasteiger partial charge in [0.15, 0.2) is 0 Å². The van der Waals surface area contributed by atoms with E-state index in [-0.39, 0.29) is 0 Å². The molecule has 1 N–H and O–H groups in total. The number of halogens is 1. The van der Waals surface area contributed by atoms with E-state index in [0.717, 1.165) is 20.0 Å². The largest absolute Gasteiger partial charge is 0.452 e. The van der Waals surface area contributed by atoms with Crippen LogP contribution in [0.2, 0.25) is 0 Å². The number of hydrogen-bond donors (Lipinski definition) is 1. The van der Waals surface area contributed by atoms with Crippen molar-refractivity contribution in [3.63, 3.8) is 0 Å². The molecule has 0 aromatic heterocycles. The number of rotatable bonds is 7. The third-order valence-corrected chi connectivity index (χ3v) is 3.66. The van der Waals surface area contributed by atoms with Crippen molar-refractivity contribution in [1.82, 2.24) is 9.03 Å². The Morgan fingerprint density at radius 2 is 2.06 bits per heavy atom. The lowest BCUT2D eigenvalue weighted by Gasteiger charge is -2.20. The number of methoxy groups -OCH3 is 1. The Bertz CT molecular complexity index is 307. The molecule has 0 unspecified atom stereocenters. The highest BCUT2D eigenvalue weighted by Crippen LogP contribution is 2.03. The molecular weight excluding hydrogens is 300 g/mol. The van der Waals surface area contributed by atoms with Gasteiger partial charge >= 0.3 is 16.3 Å². The van der Waals surface area contributed by atoms with Crippen LogP contribution >= 0.6 is 15.9 Å². The minimum atomic E-state index is -3.79. The van der Waals surface area contributed by atoms with Crippen LogP contribution in [-0.2, 0) is 14.9 Å². The summed E-state index contributed by atoms with van der Waals surface area (Å²) in [5, 5.41) is 0.513. The van der Waals surface area contributed by atoms with Crippen LogP contribution in [0.3, 0.4) is 0 Å². The summed E-state index contributed by atoms with van der Waals surface area (Å²) in [6.45, 7) is 2.66. The van der Waals surface area contributed by atoms with E-state index in [4.69, 9.17) is 0 Å². The molecule has 0 aliphatic heterocycles. The molecule has 0 saturated heterocycles. The van der Waals surface area contributed by atoms with Gasteiger partial charge in [0.1, 0.15) is 0 Å². The quantitative estimate of drug-likeness (QED) is 0.713. The Labute approximate surface area is 105 Å². The molecule has 0 aliphatic carbocycles. The predicted octanol–water partition coefficient (Wildman–Crippen LogP) is 1.08. The number of nitrogens with one attached hydrogen (secondary N) is 1. The maximum absolute atomic E-state index is 11.7. The Balaban J connectivity index is 4.55. The van der Waals surface area contributed by atoms with Gasteiger partial charge in [-0.1, -0.05) is 29.3 Å². The van der Waals surface area contributed by atoms with Crippen LogP contribution < -0.4 is 4.72 Å². The Morgan fingerprint density at radius 1 is 1.44 bits per heavy atom. The zero-order chi connectivity index (χ0) is 12.6. The van der Waals surface area contributed by atoms with Crippen molar-refractivity contribution in [3.8, 4) is 0 Å². The van der Waals surface area contributed by atoms with Crippen LogP contribution in [0.1, 0.15) is 19.8 Å². The standard InChI is InChI=1S/C8H17BrN2O4S/c1-3-4-6-11(7-5-9)16(13,14)10-8(12)15-2/h3-7H2,1-2H3,(H,10,12). The van der Waals surface area contributed by atoms with Crippen LogP contribution in [-0.4, -0.2) is 44.3 Å². The molecule has 0 aliphatic rings. The zero-order valence-corrected chi connectivity index (χ0v) is 11.8. The number of alkyl halides is 1. The van der Waals surface area contributed by atoms with E-state index in [9.17, 15) is 13.2 Å². The summed E-state index contributed by atoms with van der Waals surface area (Å²) in [5.74, 6) is 0. The first-order valence-electron chi connectivity index (χ1n) is 4.89. The molecule has 0 rings (SSSR count). The summed E-state index contributed by atoms with van der Waals surface area (Å²) in [6, 6.07) is 0. The van der Waals surface area contributed by atoms with Gasteiger partial charge in [-0.15, -0.1) is 0 Å². The third-order valence-electron chi connectivity index (χ3n) is 1.83. The van der Waals surface area contributed by atoms with Crippen molar-refractivity contribution in [3.05, 3.63) is 0 Å². The number of amides is 1. The summed E-state index contributed by atoms with van der Waals surface area (Å²) >= 11 is 3.17. The van der Waals surface area contributed by atoms with Crippen LogP contribution in [0.15, 0.2) is 0 Å². The number of carbonyl (C=O) groups excluding carboxylic acids is 1. The first-order chi connectivity index (χ1) is 7.47. The maximum atomic E-state index is 11.7. The average molecular weight is 317 g/mol. The van der Waals surface area contributed by atoms with Crippen molar-refractivity contribution >= 4 is 32.2 Å². The molecule has 0 aromatic carbocycles. The molecule has 0 bridgehead atoms. The van der Waals surface area contributed by atoms with Gasteiger partial charge < -0.3 is 4.74 Å². The maximum Gasteiger partial charge on any atom is 0.421 e. The first-order valence-corrected chi connectivity index (χ1v) is 7.45. The molecule has 0 radical (unpaired) electrons. The molecule has 0 heterocycles. The van der Waals surface area contributed by atoms with Crippen LogP contribution in [0.25, 0.3) is 0 Å². The minimum absolute atomic E-state index is 0.312. The van der Waals surface area contributed by atoms with Crippen LogP contribution in [0, 0.1) is 0 Å². The molecular formula is C8H17BrN2O4S. The van der Waals surface area contributed by atoms with Crippen LogP contribution in [0.4, 0.5) is 4.79 Å². The van der Waals surface area contributed by atoms with Gasteiger partial charge in [-0.2, -0.15) is 12.7 Å². The Hall–Kier alpha value is -0.340. The van der Waals surface area contributed by atoms with E-state index in [1.54, 1.807) is 0 Å². The SMILES string of the molecule is CCCCN(CCBr)S(=O)(=O)NC(=O)OC. The van der Waals surface area contributed by atoms with E-state index in [2.05, 4.69) is 20.7 Å². The average Bonchev–Trinajstić information content (AvgIpc) is 2.23. The molecule has 6 nitrogen and oxygen atoms in total. The van der Waals surface area contributed by atoms with Gasteiger partial charge in [0.25, 0.3) is 0 Å². The van der Waals surface area contributed by atoms with E-state index in [1.165, 1.54) is 4.31 Å². The summed E-state index contributed by atoms with van der Waals surface area (Å²) in [6.07, 6.45) is 0.651. The first kappa shape index (κ1) is 15.7. The molecule has 0 aromatic rings. The second-order valence-corrected chi connectivity index (χ2v) is 5.50. The van der Waals surface area contributed by atoms with Crippen molar-refractivity contribution in [2.45, 2.75) is 19.8 Å². The highest BCUT2D eigenvalue weighted by atomic mass is 79.9. The van der Waals surface area contributed by atoms with E-state index in [1.807, 2.05) is 11.6 Å². The van der Waals surface area contributed by atoms with Crippen LogP contribution in [0.5, 0.6) is 0 Å². The number of unbranched alkanes of at least 4 members (excludes halogenated alkanes) is 1. The predicted molar refractivity (Wildman–Crippen MR) is 64.7 cm³/mol. The lowest BCUT2D eigenvalue weighted by atomic mass is 10.3. The number of nitrogens with zero attached hydrogens (tertiary/aromatic N) is 1. The summed E-state index contributed by atoms with van der Waals surface area (Å²) in [4.78, 5) is 10.9. The van der Waals surface area contributed by atoms with Gasteiger partial charge in [0.2, 0.25) is 0 Å². The third kappa shape index (κ3) is 5.66. The smallest absolute Gasteiger partial charge is 0.421 e. The number of ether oxygens (including phenoxy) is 1. The van der Waals surface area contributed by atoms with E-state index >= 15 is 0 Å². The summed E-state index contributed by atoms with van der Waals surface area (Å²) in [7, 11) is -2.67. The van der Waals surface area contributed by atoms with Gasteiger partial charge in [0, 0.05) is 18.4 Å². The molecule has 0 spiro atoms. The van der Waals surface area contributed by atoms with Gasteiger partial charge in [0.05, 0.1) is 7.11 Å². The molecule has 1 amide bonds. The zero-order valence-electron chi connectivity index (χ0n) is 9.40. The lowest BCUT2D eigenvalue weighted by Crippen LogP contribution is -2.44. The Kier molecular flexibility index (Phi) is 7.69. The fraction of sp³-hybridized carbons (Fsp3) is 0.875. The van der Waals surface area contributed by atoms with Crippen molar-refractivity contribution < 1.29 is 17.9 Å². The molecule has 0 fully saturated rings. The highest BCUT2D eigenvalue weighted by molar-refractivity contribution is 9.09. The van der Waals surface area contributed by atoms with Crippen molar-refractivity contribution in [1.29, 1.82) is 0 Å². The van der Waals surface area contributed by atoms with Gasteiger partial charge in [-0.05, 0) is 6.42 Å². The van der Waals surface area contributed by atoms with Gasteiger partial charge in [-0.3, -0.25) is 0 Å². The molecule has 96 valence electrons. The molecule has 8 heteroatoms. The minimum Gasteiger partial charge on any atom is -0.452 e. The summed E-state index contributed by atoms with van der Waals surface area (Å²) < 4.78 is 30.7. The highest BCUT2D eigenvalue weighted by Gasteiger charge is 2.23. The molecule has 0 saturated carbocycles. The van der Waals surface area contributed by atoms with Crippen molar-refractivity contribution in [2.75, 3.05) is 25.5 Å².